The average molecular weight is 238 g/mol. The molecular formula is C15H26O2. The molecule has 0 aromatic carbocycles. The van der Waals surface area contributed by atoms with Crippen molar-refractivity contribution in [2.45, 2.75) is 45.6 Å². The molecule has 2 heteroatoms. The van der Waals surface area contributed by atoms with Crippen molar-refractivity contribution in [2.24, 2.45) is 0 Å². The van der Waals surface area contributed by atoms with Gasteiger partial charge in [-0.25, -0.2) is 0 Å². The highest BCUT2D eigenvalue weighted by molar-refractivity contribution is 5.03. The van der Waals surface area contributed by atoms with Gasteiger partial charge in [0.15, 0.2) is 0 Å². The van der Waals surface area contributed by atoms with Gasteiger partial charge in [0.05, 0.1) is 12.7 Å². The zero-order chi connectivity index (χ0) is 12.8. The van der Waals surface area contributed by atoms with E-state index in [1.54, 1.807) is 13.0 Å². The summed E-state index contributed by atoms with van der Waals surface area (Å²) in [4.78, 5) is 0. The summed E-state index contributed by atoms with van der Waals surface area (Å²) >= 11 is 0. The zero-order valence-corrected chi connectivity index (χ0v) is 11.1. The Bertz CT molecular complexity index is 227. The highest BCUT2D eigenvalue weighted by Gasteiger charge is 1.84. The molecule has 0 rings (SSSR count). The summed E-state index contributed by atoms with van der Waals surface area (Å²) in [5.41, 5.74) is 0. The quantitative estimate of drug-likeness (QED) is 0.358. The normalized spacial score (nSPS) is 14.3. The van der Waals surface area contributed by atoms with E-state index < -0.39 is 0 Å². The van der Waals surface area contributed by atoms with Crippen LogP contribution in [0.15, 0.2) is 36.5 Å². The van der Waals surface area contributed by atoms with Crippen molar-refractivity contribution in [1.29, 1.82) is 0 Å². The molecule has 1 atom stereocenters. The van der Waals surface area contributed by atoms with Crippen LogP contribution < -0.4 is 0 Å². The second-order valence-electron chi connectivity index (χ2n) is 3.97. The molecule has 98 valence electrons. The summed E-state index contributed by atoms with van der Waals surface area (Å²) < 4.78 is 5.20. The van der Waals surface area contributed by atoms with E-state index >= 15 is 0 Å². The number of hydrogen-bond donors (Lipinski definition) is 1. The van der Waals surface area contributed by atoms with Crippen molar-refractivity contribution < 1.29 is 9.84 Å². The molecule has 0 spiro atoms. The first kappa shape index (κ1) is 16.1. The number of allylic oxidation sites excluding steroid dienone is 4. The summed E-state index contributed by atoms with van der Waals surface area (Å²) in [5.74, 6) is 0. The van der Waals surface area contributed by atoms with E-state index in [1.807, 2.05) is 19.1 Å². The molecule has 0 radical (unpaired) electrons. The maximum absolute atomic E-state index is 8.98. The first-order chi connectivity index (χ1) is 8.27. The Hall–Kier alpha value is -0.860. The lowest BCUT2D eigenvalue weighted by Gasteiger charge is -1.94. The second-order valence-corrected chi connectivity index (χ2v) is 3.97. The largest absolute Gasteiger partial charge is 0.389 e. The molecule has 0 heterocycles. The molecule has 0 unspecified atom stereocenters. The number of rotatable bonds is 10. The van der Waals surface area contributed by atoms with E-state index in [-0.39, 0.29) is 6.10 Å². The topological polar surface area (TPSA) is 29.5 Å². The van der Waals surface area contributed by atoms with Gasteiger partial charge in [-0.2, -0.15) is 0 Å². The van der Waals surface area contributed by atoms with Gasteiger partial charge in [0, 0.05) is 6.61 Å². The predicted octanol–water partition coefficient (Wildman–Crippen LogP) is 3.63. The van der Waals surface area contributed by atoms with Crippen LogP contribution in [0.1, 0.15) is 39.5 Å². The Morgan fingerprint density at radius 3 is 2.41 bits per heavy atom. The van der Waals surface area contributed by atoms with Crippen LogP contribution >= 0.6 is 0 Å². The van der Waals surface area contributed by atoms with Crippen molar-refractivity contribution in [3.8, 4) is 0 Å². The Morgan fingerprint density at radius 2 is 1.76 bits per heavy atom. The zero-order valence-electron chi connectivity index (χ0n) is 11.1. The van der Waals surface area contributed by atoms with Gasteiger partial charge in [0.25, 0.3) is 0 Å². The van der Waals surface area contributed by atoms with Gasteiger partial charge in [0.1, 0.15) is 0 Å². The van der Waals surface area contributed by atoms with E-state index in [9.17, 15) is 0 Å². The number of aliphatic hydroxyl groups is 1. The molecule has 0 aromatic heterocycles. The van der Waals surface area contributed by atoms with Gasteiger partial charge in [-0.1, -0.05) is 36.5 Å². The van der Waals surface area contributed by atoms with Gasteiger partial charge in [0.2, 0.25) is 0 Å². The predicted molar refractivity (Wildman–Crippen MR) is 74.1 cm³/mol. The smallest absolute Gasteiger partial charge is 0.0695 e. The van der Waals surface area contributed by atoms with E-state index in [4.69, 9.17) is 9.84 Å². The third kappa shape index (κ3) is 15.1. The van der Waals surface area contributed by atoms with Gasteiger partial charge in [-0.05, 0) is 39.5 Å². The summed E-state index contributed by atoms with van der Waals surface area (Å²) in [6, 6.07) is 0. The van der Waals surface area contributed by atoms with Gasteiger partial charge in [-0.3, -0.25) is 0 Å². The number of hydrogen-bond acceptors (Lipinski definition) is 2. The minimum Gasteiger partial charge on any atom is -0.389 e. The Kier molecular flexibility index (Phi) is 12.5. The third-order valence-corrected chi connectivity index (χ3v) is 2.21. The highest BCUT2D eigenvalue weighted by Crippen LogP contribution is 2.01. The lowest BCUT2D eigenvalue weighted by molar-refractivity contribution is 0.177. The van der Waals surface area contributed by atoms with Gasteiger partial charge >= 0.3 is 0 Å². The minimum absolute atomic E-state index is 0.352. The van der Waals surface area contributed by atoms with E-state index in [2.05, 4.69) is 18.2 Å². The van der Waals surface area contributed by atoms with Crippen LogP contribution in [0.5, 0.6) is 0 Å². The number of aliphatic hydroxyl groups excluding tert-OH is 1. The van der Waals surface area contributed by atoms with Gasteiger partial charge < -0.3 is 9.84 Å². The Morgan fingerprint density at radius 1 is 1.06 bits per heavy atom. The average Bonchev–Trinajstić information content (AvgIpc) is 2.30. The van der Waals surface area contributed by atoms with Crippen molar-refractivity contribution in [2.75, 3.05) is 13.2 Å². The van der Waals surface area contributed by atoms with Gasteiger partial charge in [-0.15, -0.1) is 0 Å². The van der Waals surface area contributed by atoms with E-state index in [0.29, 0.717) is 0 Å². The molecule has 0 aliphatic rings. The summed E-state index contributed by atoms with van der Waals surface area (Å²) in [7, 11) is 0. The minimum atomic E-state index is -0.352. The van der Waals surface area contributed by atoms with Crippen LogP contribution in [0.4, 0.5) is 0 Å². The third-order valence-electron chi connectivity index (χ3n) is 2.21. The lowest BCUT2D eigenvalue weighted by atomic mass is 10.2. The fourth-order valence-electron chi connectivity index (χ4n) is 1.30. The van der Waals surface area contributed by atoms with Crippen molar-refractivity contribution >= 4 is 0 Å². The molecule has 0 saturated carbocycles. The van der Waals surface area contributed by atoms with Crippen molar-refractivity contribution in [3.05, 3.63) is 36.5 Å². The fourth-order valence-corrected chi connectivity index (χ4v) is 1.30. The van der Waals surface area contributed by atoms with Crippen LogP contribution in [-0.2, 0) is 4.74 Å². The van der Waals surface area contributed by atoms with Crippen molar-refractivity contribution in [3.63, 3.8) is 0 Å². The molecular weight excluding hydrogens is 212 g/mol. The molecule has 1 N–H and O–H groups in total. The second kappa shape index (κ2) is 13.2. The molecule has 0 aromatic rings. The van der Waals surface area contributed by atoms with Crippen LogP contribution in [0.25, 0.3) is 0 Å². The maximum atomic E-state index is 8.98. The molecule has 0 saturated heterocycles. The SMILES string of the molecule is CCOC/C=C\CCCC/C=C\C=C\[C@H](C)O. The summed E-state index contributed by atoms with van der Waals surface area (Å²) in [6.45, 7) is 5.28. The monoisotopic (exact) mass is 238 g/mol. The van der Waals surface area contributed by atoms with Crippen LogP contribution in [0.2, 0.25) is 0 Å². The van der Waals surface area contributed by atoms with Crippen molar-refractivity contribution in [1.82, 2.24) is 0 Å². The Labute approximate surface area is 106 Å². The van der Waals surface area contributed by atoms with Crippen LogP contribution in [0.3, 0.4) is 0 Å². The molecule has 0 aliphatic heterocycles. The van der Waals surface area contributed by atoms with Crippen LogP contribution in [0, 0.1) is 0 Å². The first-order valence-corrected chi connectivity index (χ1v) is 6.51. The standard InChI is InChI=1S/C15H26O2/c1-3-17-14-12-10-8-6-4-5-7-9-11-13-15(2)16/h7,9-13,15-16H,3-6,8,14H2,1-2H3/b9-7-,12-10-,13-11+/t15-/m0/s1. The molecule has 0 aliphatic carbocycles. The maximum Gasteiger partial charge on any atom is 0.0695 e. The first-order valence-electron chi connectivity index (χ1n) is 6.51. The highest BCUT2D eigenvalue weighted by atomic mass is 16.5. The lowest BCUT2D eigenvalue weighted by Crippen LogP contribution is -1.90. The summed E-state index contributed by atoms with van der Waals surface area (Å²) in [6.07, 6.45) is 16.4. The van der Waals surface area contributed by atoms with Crippen LogP contribution in [-0.4, -0.2) is 24.4 Å². The summed E-state index contributed by atoms with van der Waals surface area (Å²) in [5, 5.41) is 8.98. The molecule has 0 amide bonds. The molecule has 0 bridgehead atoms. The number of ether oxygens (including phenoxy) is 1. The fraction of sp³-hybridized carbons (Fsp3) is 0.600. The van der Waals surface area contributed by atoms with E-state index in [0.717, 1.165) is 26.1 Å². The number of unbranched alkanes of at least 4 members (excludes halogenated alkanes) is 3. The molecule has 2 nitrogen and oxygen atoms in total. The molecule has 17 heavy (non-hydrogen) atoms. The molecule has 0 fully saturated rings. The Balaban J connectivity index is 3.26. The van der Waals surface area contributed by atoms with E-state index in [1.165, 1.54) is 12.8 Å².